The molecule has 1 aromatic heterocycles. The third kappa shape index (κ3) is 3.15. The molecule has 1 amide bonds. The molecule has 1 aliphatic rings. The van der Waals surface area contributed by atoms with Gasteiger partial charge in [-0.25, -0.2) is 0 Å². The zero-order valence-electron chi connectivity index (χ0n) is 10.3. The van der Waals surface area contributed by atoms with E-state index < -0.39 is 0 Å². The van der Waals surface area contributed by atoms with Crippen LogP contribution < -0.4 is 11.1 Å². The van der Waals surface area contributed by atoms with Crippen LogP contribution in [0.4, 0.5) is 5.13 Å². The lowest BCUT2D eigenvalue weighted by Gasteiger charge is -2.32. The maximum Gasteiger partial charge on any atom is 0.237 e. The van der Waals surface area contributed by atoms with Crippen molar-refractivity contribution in [2.24, 2.45) is 5.73 Å². The van der Waals surface area contributed by atoms with Crippen LogP contribution in [0, 0.1) is 0 Å². The quantitative estimate of drug-likeness (QED) is 0.761. The zero-order valence-corrected chi connectivity index (χ0v) is 11.1. The van der Waals surface area contributed by atoms with Gasteiger partial charge in [0, 0.05) is 13.1 Å². The minimum absolute atomic E-state index is 0.355. The van der Waals surface area contributed by atoms with E-state index in [0.717, 1.165) is 16.7 Å². The predicted molar refractivity (Wildman–Crippen MR) is 68.3 cm³/mol. The molecule has 0 spiro atoms. The molecule has 100 valence electrons. The van der Waals surface area contributed by atoms with Crippen molar-refractivity contribution in [1.82, 2.24) is 15.1 Å². The van der Waals surface area contributed by atoms with Gasteiger partial charge in [-0.15, -0.1) is 10.2 Å². The second-order valence-corrected chi connectivity index (χ2v) is 5.06. The van der Waals surface area contributed by atoms with E-state index in [1.54, 1.807) is 0 Å². The van der Waals surface area contributed by atoms with Gasteiger partial charge < -0.3 is 15.8 Å². The molecule has 0 aliphatic carbocycles. The van der Waals surface area contributed by atoms with Gasteiger partial charge in [0.1, 0.15) is 11.0 Å². The Kier molecular flexibility index (Phi) is 4.45. The Hall–Kier alpha value is -1.25. The normalized spacial score (nSPS) is 20.8. The fourth-order valence-corrected chi connectivity index (χ4v) is 2.64. The van der Waals surface area contributed by atoms with Crippen LogP contribution in [0.1, 0.15) is 11.9 Å². The van der Waals surface area contributed by atoms with Crippen molar-refractivity contribution in [3.63, 3.8) is 0 Å². The smallest absolute Gasteiger partial charge is 0.237 e. The molecule has 1 fully saturated rings. The highest BCUT2D eigenvalue weighted by atomic mass is 32.1. The number of amides is 1. The standard InChI is InChI=1S/C10H17N5O2S/c1-2-12-10-14-13-8(18-10)5-15-3-4-17-6-7(15)9(11)16/h7H,2-6H2,1H3,(H2,11,16)(H,12,14). The van der Waals surface area contributed by atoms with Crippen LogP contribution in [0.2, 0.25) is 0 Å². The molecule has 2 rings (SSSR count). The van der Waals surface area contributed by atoms with Crippen LogP contribution >= 0.6 is 11.3 Å². The monoisotopic (exact) mass is 271 g/mol. The lowest BCUT2D eigenvalue weighted by molar-refractivity contribution is -0.129. The molecule has 1 atom stereocenters. The fraction of sp³-hybridized carbons (Fsp3) is 0.700. The van der Waals surface area contributed by atoms with Crippen LogP contribution in [0.15, 0.2) is 0 Å². The number of aromatic nitrogens is 2. The van der Waals surface area contributed by atoms with Gasteiger partial charge in [-0.05, 0) is 6.92 Å². The number of nitrogens with zero attached hydrogens (tertiary/aromatic N) is 3. The number of primary amides is 1. The first kappa shape index (κ1) is 13.2. The van der Waals surface area contributed by atoms with E-state index in [2.05, 4.69) is 15.5 Å². The number of carbonyl (C=O) groups is 1. The number of anilines is 1. The summed E-state index contributed by atoms with van der Waals surface area (Å²) in [6, 6.07) is -0.370. The van der Waals surface area contributed by atoms with Crippen LogP contribution in [0.5, 0.6) is 0 Å². The topological polar surface area (TPSA) is 93.4 Å². The molecule has 18 heavy (non-hydrogen) atoms. The Morgan fingerprint density at radius 3 is 3.22 bits per heavy atom. The highest BCUT2D eigenvalue weighted by molar-refractivity contribution is 7.15. The summed E-state index contributed by atoms with van der Waals surface area (Å²) in [7, 11) is 0. The van der Waals surface area contributed by atoms with E-state index in [-0.39, 0.29) is 11.9 Å². The summed E-state index contributed by atoms with van der Waals surface area (Å²) >= 11 is 1.50. The largest absolute Gasteiger partial charge is 0.378 e. The van der Waals surface area contributed by atoms with E-state index >= 15 is 0 Å². The first-order valence-corrected chi connectivity index (χ1v) is 6.69. The van der Waals surface area contributed by atoms with Gasteiger partial charge in [0.15, 0.2) is 0 Å². The fourth-order valence-electron chi connectivity index (χ4n) is 1.80. The molecule has 1 saturated heterocycles. The highest BCUT2D eigenvalue weighted by Crippen LogP contribution is 2.18. The number of hydrogen-bond donors (Lipinski definition) is 2. The van der Waals surface area contributed by atoms with Gasteiger partial charge in [0.2, 0.25) is 11.0 Å². The molecule has 1 aliphatic heterocycles. The van der Waals surface area contributed by atoms with Gasteiger partial charge in [-0.2, -0.15) is 0 Å². The summed E-state index contributed by atoms with van der Waals surface area (Å²) in [5.74, 6) is -0.355. The minimum Gasteiger partial charge on any atom is -0.378 e. The van der Waals surface area contributed by atoms with E-state index in [9.17, 15) is 4.79 Å². The summed E-state index contributed by atoms with van der Waals surface area (Å²) < 4.78 is 5.27. The number of morpholine rings is 1. The molecule has 0 saturated carbocycles. The second-order valence-electron chi connectivity index (χ2n) is 3.99. The van der Waals surface area contributed by atoms with Crippen LogP contribution in [0.25, 0.3) is 0 Å². The number of nitrogens with one attached hydrogen (secondary N) is 1. The first-order chi connectivity index (χ1) is 8.70. The number of hydrogen-bond acceptors (Lipinski definition) is 7. The average molecular weight is 271 g/mol. The van der Waals surface area contributed by atoms with Crippen LogP contribution in [-0.2, 0) is 16.1 Å². The van der Waals surface area contributed by atoms with Crippen molar-refractivity contribution in [1.29, 1.82) is 0 Å². The number of nitrogens with two attached hydrogens (primary N) is 1. The Morgan fingerprint density at radius 1 is 1.67 bits per heavy atom. The molecular weight excluding hydrogens is 254 g/mol. The third-order valence-electron chi connectivity index (χ3n) is 2.70. The van der Waals surface area contributed by atoms with Gasteiger partial charge in [0.05, 0.1) is 19.8 Å². The Bertz CT molecular complexity index is 411. The van der Waals surface area contributed by atoms with Crippen molar-refractivity contribution < 1.29 is 9.53 Å². The van der Waals surface area contributed by atoms with Crippen LogP contribution in [-0.4, -0.2) is 53.3 Å². The van der Waals surface area contributed by atoms with Gasteiger partial charge in [0.25, 0.3) is 0 Å². The van der Waals surface area contributed by atoms with E-state index in [0.29, 0.717) is 26.3 Å². The van der Waals surface area contributed by atoms with Gasteiger partial charge in [-0.3, -0.25) is 9.69 Å². The number of carbonyl (C=O) groups excluding carboxylic acids is 1. The molecular formula is C10H17N5O2S. The molecule has 3 N–H and O–H groups in total. The third-order valence-corrected chi connectivity index (χ3v) is 3.57. The summed E-state index contributed by atoms with van der Waals surface area (Å²) in [5, 5.41) is 12.9. The maximum absolute atomic E-state index is 11.3. The molecule has 0 bridgehead atoms. The molecule has 2 heterocycles. The maximum atomic E-state index is 11.3. The molecule has 8 heteroatoms. The summed E-state index contributed by atoms with van der Waals surface area (Å²) in [6.07, 6.45) is 0. The van der Waals surface area contributed by atoms with Crippen molar-refractivity contribution in [2.75, 3.05) is 31.6 Å². The van der Waals surface area contributed by atoms with Crippen molar-refractivity contribution >= 4 is 22.4 Å². The first-order valence-electron chi connectivity index (χ1n) is 5.88. The van der Waals surface area contributed by atoms with Crippen LogP contribution in [0.3, 0.4) is 0 Å². The zero-order chi connectivity index (χ0) is 13.0. The average Bonchev–Trinajstić information content (AvgIpc) is 2.77. The summed E-state index contributed by atoms with van der Waals surface area (Å²) in [5.41, 5.74) is 5.36. The van der Waals surface area contributed by atoms with Crippen molar-refractivity contribution in [3.8, 4) is 0 Å². The Morgan fingerprint density at radius 2 is 2.50 bits per heavy atom. The van der Waals surface area contributed by atoms with Gasteiger partial charge in [-0.1, -0.05) is 11.3 Å². The predicted octanol–water partition coefficient (Wildman–Crippen LogP) is -0.344. The number of rotatable bonds is 5. The minimum atomic E-state index is -0.370. The van der Waals surface area contributed by atoms with E-state index in [1.807, 2.05) is 11.8 Å². The Labute approximate surface area is 109 Å². The highest BCUT2D eigenvalue weighted by Gasteiger charge is 2.28. The van der Waals surface area contributed by atoms with Crippen molar-refractivity contribution in [2.45, 2.75) is 19.5 Å². The number of ether oxygens (including phenoxy) is 1. The van der Waals surface area contributed by atoms with E-state index in [1.165, 1.54) is 11.3 Å². The molecule has 0 aromatic carbocycles. The molecule has 1 unspecified atom stereocenters. The SMILES string of the molecule is CCNc1nnc(CN2CCOCC2C(N)=O)s1. The molecule has 1 aromatic rings. The lowest BCUT2D eigenvalue weighted by Crippen LogP contribution is -2.51. The van der Waals surface area contributed by atoms with E-state index in [4.69, 9.17) is 10.5 Å². The van der Waals surface area contributed by atoms with Crippen molar-refractivity contribution in [3.05, 3.63) is 5.01 Å². The van der Waals surface area contributed by atoms with Gasteiger partial charge >= 0.3 is 0 Å². The summed E-state index contributed by atoms with van der Waals surface area (Å²) in [4.78, 5) is 13.3. The lowest BCUT2D eigenvalue weighted by atomic mass is 10.2. The summed E-state index contributed by atoms with van der Waals surface area (Å²) in [6.45, 7) is 5.06. The molecule has 7 nitrogen and oxygen atoms in total. The second kappa shape index (κ2) is 6.07. The molecule has 0 radical (unpaired) electrons. The Balaban J connectivity index is 1.99.